The minimum atomic E-state index is -0.304. The second-order valence-electron chi connectivity index (χ2n) is 3.81. The number of hydrogen-bond donors (Lipinski definition) is 2. The van der Waals surface area contributed by atoms with E-state index in [-0.39, 0.29) is 23.1 Å². The van der Waals surface area contributed by atoms with Crippen molar-refractivity contribution in [3.63, 3.8) is 0 Å². The van der Waals surface area contributed by atoms with Gasteiger partial charge in [0.25, 0.3) is 5.91 Å². The normalized spacial score (nSPS) is 10.2. The second kappa shape index (κ2) is 5.53. The van der Waals surface area contributed by atoms with E-state index in [9.17, 15) is 4.79 Å². The molecule has 0 spiro atoms. The van der Waals surface area contributed by atoms with E-state index in [0.29, 0.717) is 11.4 Å². The number of aryl methyl sites for hydroxylation is 1. The topological polar surface area (TPSA) is 98.7 Å². The van der Waals surface area contributed by atoms with E-state index >= 15 is 0 Å². The van der Waals surface area contributed by atoms with E-state index in [0.717, 1.165) is 0 Å². The van der Waals surface area contributed by atoms with Crippen LogP contribution in [0.5, 0.6) is 0 Å². The summed E-state index contributed by atoms with van der Waals surface area (Å²) in [5, 5.41) is 6.72. The first-order chi connectivity index (χ1) is 9.06. The zero-order valence-electron chi connectivity index (χ0n) is 10.2. The first-order valence-electron chi connectivity index (χ1n) is 5.45. The molecule has 0 atom stereocenters. The standard InChI is InChI=1S/C11H12N6OS/c1-17-6-15-9(16-17)5-14-11(18)8-3-2-7(4-13-8)10(12)19/h2-4,6H,5H2,1H3,(H2,12,19)(H,14,18). The predicted octanol–water partition coefficient (Wildman–Crippen LogP) is -0.226. The van der Waals surface area contributed by atoms with Crippen LogP contribution in [0.15, 0.2) is 24.7 Å². The number of nitrogens with zero attached hydrogens (tertiary/aromatic N) is 4. The molecule has 0 unspecified atom stereocenters. The largest absolute Gasteiger partial charge is 0.389 e. The van der Waals surface area contributed by atoms with Gasteiger partial charge in [-0.05, 0) is 12.1 Å². The number of thiocarbonyl (C=S) groups is 1. The maximum Gasteiger partial charge on any atom is 0.270 e. The fourth-order valence-electron chi connectivity index (χ4n) is 1.39. The second-order valence-corrected chi connectivity index (χ2v) is 4.25. The number of aromatic nitrogens is 4. The smallest absolute Gasteiger partial charge is 0.270 e. The number of pyridine rings is 1. The number of nitrogens with two attached hydrogens (primary N) is 1. The number of hydrogen-bond acceptors (Lipinski definition) is 5. The maximum atomic E-state index is 11.8. The van der Waals surface area contributed by atoms with E-state index in [1.54, 1.807) is 30.2 Å². The molecule has 0 saturated carbocycles. The minimum absolute atomic E-state index is 0.247. The molecule has 2 aromatic heterocycles. The summed E-state index contributed by atoms with van der Waals surface area (Å²) >= 11 is 4.81. The molecule has 98 valence electrons. The summed E-state index contributed by atoms with van der Waals surface area (Å²) in [5.74, 6) is 0.234. The highest BCUT2D eigenvalue weighted by Gasteiger charge is 2.08. The number of nitrogens with one attached hydrogen (secondary N) is 1. The van der Waals surface area contributed by atoms with Crippen LogP contribution in [0.4, 0.5) is 0 Å². The first kappa shape index (κ1) is 13.1. The van der Waals surface area contributed by atoms with Crippen LogP contribution in [0.1, 0.15) is 21.9 Å². The van der Waals surface area contributed by atoms with Gasteiger partial charge in [-0.15, -0.1) is 0 Å². The Labute approximate surface area is 114 Å². The third kappa shape index (κ3) is 3.32. The molecule has 0 aliphatic rings. The molecule has 2 aromatic rings. The molecule has 8 heteroatoms. The highest BCUT2D eigenvalue weighted by atomic mass is 32.1. The van der Waals surface area contributed by atoms with E-state index in [1.165, 1.54) is 6.20 Å². The van der Waals surface area contributed by atoms with Crippen LogP contribution in [-0.2, 0) is 13.6 Å². The molecule has 0 saturated heterocycles. The van der Waals surface area contributed by atoms with Crippen molar-refractivity contribution in [2.24, 2.45) is 12.8 Å². The number of carbonyl (C=O) groups is 1. The average molecular weight is 276 g/mol. The monoisotopic (exact) mass is 276 g/mol. The van der Waals surface area contributed by atoms with E-state index in [1.807, 2.05) is 0 Å². The molecule has 0 fully saturated rings. The molecule has 7 nitrogen and oxygen atoms in total. The molecule has 0 aliphatic carbocycles. The lowest BCUT2D eigenvalue weighted by molar-refractivity contribution is 0.0945. The Balaban J connectivity index is 1.98. The fraction of sp³-hybridized carbons (Fsp3) is 0.182. The van der Waals surface area contributed by atoms with E-state index < -0.39 is 0 Å². The van der Waals surface area contributed by atoms with Crippen molar-refractivity contribution in [3.05, 3.63) is 41.7 Å². The summed E-state index contributed by atoms with van der Waals surface area (Å²) in [4.78, 5) is 20.0. The third-order valence-corrected chi connectivity index (χ3v) is 2.57. The average Bonchev–Trinajstić information content (AvgIpc) is 2.82. The van der Waals surface area contributed by atoms with Gasteiger partial charge in [0, 0.05) is 18.8 Å². The molecule has 3 N–H and O–H groups in total. The SMILES string of the molecule is Cn1cnc(CNC(=O)c2ccc(C(N)=S)cn2)n1. The van der Waals surface area contributed by atoms with Crippen molar-refractivity contribution in [3.8, 4) is 0 Å². The highest BCUT2D eigenvalue weighted by Crippen LogP contribution is 2.00. The Kier molecular flexibility index (Phi) is 3.81. The lowest BCUT2D eigenvalue weighted by Crippen LogP contribution is -2.24. The van der Waals surface area contributed by atoms with Crippen LogP contribution in [0.2, 0.25) is 0 Å². The van der Waals surface area contributed by atoms with Gasteiger partial charge in [-0.2, -0.15) is 5.10 Å². The van der Waals surface area contributed by atoms with Crippen LogP contribution in [0, 0.1) is 0 Å². The first-order valence-corrected chi connectivity index (χ1v) is 5.85. The number of amides is 1. The lowest BCUT2D eigenvalue weighted by Gasteiger charge is -2.03. The Morgan fingerprint density at radius 3 is 2.79 bits per heavy atom. The van der Waals surface area contributed by atoms with Gasteiger partial charge in [-0.1, -0.05) is 12.2 Å². The van der Waals surface area contributed by atoms with Crippen LogP contribution < -0.4 is 11.1 Å². The number of carbonyl (C=O) groups excluding carboxylic acids is 1. The van der Waals surface area contributed by atoms with Crippen LogP contribution in [0.25, 0.3) is 0 Å². The maximum absolute atomic E-state index is 11.8. The van der Waals surface area contributed by atoms with Crippen LogP contribution in [0.3, 0.4) is 0 Å². The van der Waals surface area contributed by atoms with Gasteiger partial charge >= 0.3 is 0 Å². The molecule has 0 radical (unpaired) electrons. The molecule has 0 aliphatic heterocycles. The minimum Gasteiger partial charge on any atom is -0.389 e. The summed E-state index contributed by atoms with van der Waals surface area (Å²) in [6.45, 7) is 0.248. The van der Waals surface area contributed by atoms with Gasteiger partial charge in [0.2, 0.25) is 0 Å². The van der Waals surface area contributed by atoms with E-state index in [4.69, 9.17) is 18.0 Å². The zero-order chi connectivity index (χ0) is 13.8. The molecular weight excluding hydrogens is 264 g/mol. The van der Waals surface area contributed by atoms with Gasteiger partial charge in [0.15, 0.2) is 5.82 Å². The quantitative estimate of drug-likeness (QED) is 0.749. The van der Waals surface area contributed by atoms with E-state index in [2.05, 4.69) is 20.4 Å². The zero-order valence-corrected chi connectivity index (χ0v) is 11.0. The summed E-state index contributed by atoms with van der Waals surface area (Å²) < 4.78 is 1.57. The van der Waals surface area contributed by atoms with Crippen LogP contribution in [-0.4, -0.2) is 30.6 Å². The third-order valence-electron chi connectivity index (χ3n) is 2.33. The lowest BCUT2D eigenvalue weighted by atomic mass is 10.2. The summed E-state index contributed by atoms with van der Waals surface area (Å²) in [5.41, 5.74) is 6.36. The van der Waals surface area contributed by atoms with Gasteiger partial charge < -0.3 is 11.1 Å². The van der Waals surface area contributed by atoms with Crippen molar-refractivity contribution >= 4 is 23.1 Å². The summed E-state index contributed by atoms with van der Waals surface area (Å²) in [6.07, 6.45) is 3.03. The van der Waals surface area contributed by atoms with Crippen molar-refractivity contribution in [1.82, 2.24) is 25.1 Å². The van der Waals surface area contributed by atoms with Crippen molar-refractivity contribution in [1.29, 1.82) is 0 Å². The van der Waals surface area contributed by atoms with Gasteiger partial charge in [0.05, 0.1) is 6.54 Å². The number of rotatable bonds is 4. The highest BCUT2D eigenvalue weighted by molar-refractivity contribution is 7.80. The summed E-state index contributed by atoms with van der Waals surface area (Å²) in [7, 11) is 1.76. The molecule has 2 heterocycles. The van der Waals surface area contributed by atoms with Crippen molar-refractivity contribution < 1.29 is 4.79 Å². The van der Waals surface area contributed by atoms with Gasteiger partial charge in [-0.3, -0.25) is 14.5 Å². The van der Waals surface area contributed by atoms with Gasteiger partial charge in [-0.25, -0.2) is 4.98 Å². The molecule has 0 aromatic carbocycles. The Morgan fingerprint density at radius 1 is 1.47 bits per heavy atom. The molecule has 2 rings (SSSR count). The van der Waals surface area contributed by atoms with Gasteiger partial charge in [0.1, 0.15) is 17.0 Å². The van der Waals surface area contributed by atoms with Crippen LogP contribution >= 0.6 is 12.2 Å². The predicted molar refractivity (Wildman–Crippen MR) is 72.3 cm³/mol. The van der Waals surface area contributed by atoms with Crippen molar-refractivity contribution in [2.45, 2.75) is 6.54 Å². The summed E-state index contributed by atoms with van der Waals surface area (Å²) in [6, 6.07) is 3.22. The molecular formula is C11H12N6OS. The fourth-order valence-corrected chi connectivity index (χ4v) is 1.51. The Morgan fingerprint density at radius 2 is 2.26 bits per heavy atom. The molecule has 0 bridgehead atoms. The molecule has 19 heavy (non-hydrogen) atoms. The Bertz CT molecular complexity index is 606. The molecule has 1 amide bonds. The Hall–Kier alpha value is -2.35. The van der Waals surface area contributed by atoms with Crippen molar-refractivity contribution in [2.75, 3.05) is 0 Å².